The molecule has 1 saturated carbocycles. The van der Waals surface area contributed by atoms with Gasteiger partial charge in [0, 0.05) is 26.1 Å². The Kier molecular flexibility index (Phi) is 7.34. The lowest BCUT2D eigenvalue weighted by atomic mass is 9.89. The zero-order chi connectivity index (χ0) is 17.4. The lowest BCUT2D eigenvalue weighted by molar-refractivity contribution is -0.142. The molecule has 2 rings (SSSR count). The van der Waals surface area contributed by atoms with Gasteiger partial charge in [0.1, 0.15) is 0 Å². The number of rotatable bonds is 7. The van der Waals surface area contributed by atoms with E-state index < -0.39 is 0 Å². The molecule has 0 bridgehead atoms. The zero-order valence-electron chi connectivity index (χ0n) is 14.5. The van der Waals surface area contributed by atoms with E-state index in [1.165, 1.54) is 32.1 Å². The Morgan fingerprint density at radius 1 is 1.25 bits per heavy atom. The molecule has 1 aliphatic heterocycles. The van der Waals surface area contributed by atoms with Crippen LogP contribution < -0.4 is 10.6 Å². The second-order valence-electron chi connectivity index (χ2n) is 6.66. The van der Waals surface area contributed by atoms with Gasteiger partial charge in [-0.2, -0.15) is 0 Å². The molecule has 0 spiro atoms. The summed E-state index contributed by atoms with van der Waals surface area (Å²) >= 11 is 0. The fraction of sp³-hybridized carbons (Fsp3) is 0.824. The van der Waals surface area contributed by atoms with Crippen LogP contribution in [-0.4, -0.2) is 55.1 Å². The molecule has 2 fully saturated rings. The van der Waals surface area contributed by atoms with Gasteiger partial charge < -0.3 is 20.3 Å². The van der Waals surface area contributed by atoms with Crippen LogP contribution in [0.3, 0.4) is 0 Å². The molecule has 0 radical (unpaired) electrons. The Hall–Kier alpha value is -1.79. The smallest absolute Gasteiger partial charge is 0.315 e. The van der Waals surface area contributed by atoms with Crippen LogP contribution in [0, 0.1) is 5.92 Å². The Bertz CT molecular complexity index is 449. The summed E-state index contributed by atoms with van der Waals surface area (Å²) in [5, 5.41) is 5.45. The van der Waals surface area contributed by atoms with Crippen LogP contribution in [0.1, 0.15) is 51.9 Å². The zero-order valence-corrected chi connectivity index (χ0v) is 14.5. The minimum absolute atomic E-state index is 0.123. The van der Waals surface area contributed by atoms with Crippen molar-refractivity contribution in [3.8, 4) is 0 Å². The number of hydrogen-bond donors (Lipinski definition) is 2. The van der Waals surface area contributed by atoms with E-state index in [4.69, 9.17) is 4.74 Å². The van der Waals surface area contributed by atoms with Crippen LogP contribution in [0.5, 0.6) is 0 Å². The van der Waals surface area contributed by atoms with Gasteiger partial charge in [0.05, 0.1) is 19.1 Å². The largest absolute Gasteiger partial charge is 0.466 e. The summed E-state index contributed by atoms with van der Waals surface area (Å²) in [6, 6.07) is -0.486. The molecule has 136 valence electrons. The molecule has 0 aromatic carbocycles. The minimum Gasteiger partial charge on any atom is -0.466 e. The van der Waals surface area contributed by atoms with Crippen molar-refractivity contribution < 1.29 is 19.1 Å². The number of ether oxygens (including phenoxy) is 1. The number of carbonyl (C=O) groups excluding carboxylic acids is 3. The standard InChI is InChI=1S/C17H29N3O4/c1-2-24-16(22)8-9-18-17(23)19-14-10-15(21)20(12-14)11-13-6-4-3-5-7-13/h13-14H,2-12H2,1H3,(H2,18,19,23)/t14-/m0/s1. The number of amides is 3. The molecule has 1 saturated heterocycles. The molecule has 1 heterocycles. The normalized spacial score (nSPS) is 21.6. The molecule has 0 unspecified atom stereocenters. The third-order valence-electron chi connectivity index (χ3n) is 4.67. The van der Waals surface area contributed by atoms with Crippen LogP contribution in [0.2, 0.25) is 0 Å². The summed E-state index contributed by atoms with van der Waals surface area (Å²) in [7, 11) is 0. The van der Waals surface area contributed by atoms with E-state index in [9.17, 15) is 14.4 Å². The van der Waals surface area contributed by atoms with Gasteiger partial charge in [0.2, 0.25) is 5.91 Å². The molecular weight excluding hydrogens is 310 g/mol. The Labute approximate surface area is 143 Å². The predicted molar refractivity (Wildman–Crippen MR) is 89.3 cm³/mol. The third-order valence-corrected chi connectivity index (χ3v) is 4.67. The molecule has 2 N–H and O–H groups in total. The first-order valence-corrected chi connectivity index (χ1v) is 9.06. The number of nitrogens with one attached hydrogen (secondary N) is 2. The lowest BCUT2D eigenvalue weighted by Gasteiger charge is -2.27. The van der Waals surface area contributed by atoms with Crippen LogP contribution in [-0.2, 0) is 14.3 Å². The highest BCUT2D eigenvalue weighted by atomic mass is 16.5. The van der Waals surface area contributed by atoms with Crippen LogP contribution >= 0.6 is 0 Å². The van der Waals surface area contributed by atoms with E-state index in [-0.39, 0.29) is 36.9 Å². The van der Waals surface area contributed by atoms with E-state index in [1.54, 1.807) is 6.92 Å². The average molecular weight is 339 g/mol. The monoisotopic (exact) mass is 339 g/mol. The molecule has 7 nitrogen and oxygen atoms in total. The maximum Gasteiger partial charge on any atom is 0.315 e. The number of carbonyl (C=O) groups is 3. The molecule has 7 heteroatoms. The Morgan fingerprint density at radius 3 is 2.71 bits per heavy atom. The van der Waals surface area contributed by atoms with Gasteiger partial charge in [-0.25, -0.2) is 4.79 Å². The van der Waals surface area contributed by atoms with Crippen molar-refractivity contribution >= 4 is 17.9 Å². The summed E-state index contributed by atoms with van der Waals surface area (Å²) in [6.45, 7) is 3.72. The molecule has 3 amide bonds. The predicted octanol–water partition coefficient (Wildman–Crippen LogP) is 1.42. The number of nitrogens with zero attached hydrogens (tertiary/aromatic N) is 1. The number of likely N-dealkylation sites (tertiary alicyclic amines) is 1. The van der Waals surface area contributed by atoms with Crippen LogP contribution in [0.4, 0.5) is 4.79 Å². The number of hydrogen-bond acceptors (Lipinski definition) is 4. The molecule has 0 aromatic rings. The van der Waals surface area contributed by atoms with Gasteiger partial charge in [-0.3, -0.25) is 9.59 Å². The van der Waals surface area contributed by atoms with Gasteiger partial charge in [0.25, 0.3) is 0 Å². The second kappa shape index (κ2) is 9.49. The first kappa shape index (κ1) is 18.5. The highest BCUT2D eigenvalue weighted by molar-refractivity contribution is 5.81. The van der Waals surface area contributed by atoms with Crippen molar-refractivity contribution in [1.82, 2.24) is 15.5 Å². The van der Waals surface area contributed by atoms with Gasteiger partial charge in [-0.05, 0) is 25.7 Å². The summed E-state index contributed by atoms with van der Waals surface area (Å²) < 4.78 is 4.80. The maximum atomic E-state index is 12.1. The van der Waals surface area contributed by atoms with E-state index in [0.717, 1.165) is 6.54 Å². The summed E-state index contributed by atoms with van der Waals surface area (Å²) in [5.41, 5.74) is 0. The Morgan fingerprint density at radius 2 is 2.00 bits per heavy atom. The van der Waals surface area contributed by atoms with Crippen molar-refractivity contribution in [2.75, 3.05) is 26.2 Å². The number of esters is 1. The second-order valence-corrected chi connectivity index (χ2v) is 6.66. The third kappa shape index (κ3) is 6.02. The van der Waals surface area contributed by atoms with Gasteiger partial charge in [-0.15, -0.1) is 0 Å². The van der Waals surface area contributed by atoms with Crippen molar-refractivity contribution in [3.63, 3.8) is 0 Å². The summed E-state index contributed by atoms with van der Waals surface area (Å²) in [4.78, 5) is 37.0. The van der Waals surface area contributed by atoms with E-state index in [0.29, 0.717) is 25.5 Å². The van der Waals surface area contributed by atoms with E-state index >= 15 is 0 Å². The van der Waals surface area contributed by atoms with Crippen molar-refractivity contribution in [2.24, 2.45) is 5.92 Å². The maximum absolute atomic E-state index is 12.1. The van der Waals surface area contributed by atoms with Crippen molar-refractivity contribution in [1.29, 1.82) is 0 Å². The van der Waals surface area contributed by atoms with Crippen molar-refractivity contribution in [2.45, 2.75) is 57.9 Å². The summed E-state index contributed by atoms with van der Waals surface area (Å²) in [6.07, 6.45) is 6.75. The SMILES string of the molecule is CCOC(=O)CCNC(=O)N[C@H]1CC(=O)N(CC2CCCCC2)C1. The van der Waals surface area contributed by atoms with Gasteiger partial charge >= 0.3 is 12.0 Å². The Balaban J connectivity index is 1.65. The molecule has 24 heavy (non-hydrogen) atoms. The molecule has 2 aliphatic rings. The highest BCUT2D eigenvalue weighted by Crippen LogP contribution is 2.26. The fourth-order valence-corrected chi connectivity index (χ4v) is 3.47. The van der Waals surface area contributed by atoms with Crippen LogP contribution in [0.25, 0.3) is 0 Å². The summed E-state index contributed by atoms with van der Waals surface area (Å²) in [5.74, 6) is 0.407. The lowest BCUT2D eigenvalue weighted by Crippen LogP contribution is -2.44. The first-order chi connectivity index (χ1) is 11.6. The highest BCUT2D eigenvalue weighted by Gasteiger charge is 2.32. The molecule has 0 aromatic heterocycles. The number of urea groups is 1. The fourth-order valence-electron chi connectivity index (χ4n) is 3.47. The average Bonchev–Trinajstić information content (AvgIpc) is 2.88. The minimum atomic E-state index is -0.336. The first-order valence-electron chi connectivity index (χ1n) is 9.06. The van der Waals surface area contributed by atoms with E-state index in [1.807, 2.05) is 4.90 Å². The molecular formula is C17H29N3O4. The molecule has 1 atom stereocenters. The van der Waals surface area contributed by atoms with Crippen LogP contribution in [0.15, 0.2) is 0 Å². The van der Waals surface area contributed by atoms with Gasteiger partial charge in [-0.1, -0.05) is 19.3 Å². The van der Waals surface area contributed by atoms with Crippen molar-refractivity contribution in [3.05, 3.63) is 0 Å². The van der Waals surface area contributed by atoms with E-state index in [2.05, 4.69) is 10.6 Å². The quantitative estimate of drug-likeness (QED) is 0.687. The van der Waals surface area contributed by atoms with Gasteiger partial charge in [0.15, 0.2) is 0 Å². The topological polar surface area (TPSA) is 87.7 Å². The molecule has 1 aliphatic carbocycles.